The predicted octanol–water partition coefficient (Wildman–Crippen LogP) is 6.12. The highest BCUT2D eigenvalue weighted by atomic mass is 32.1. The third kappa shape index (κ3) is 4.67. The summed E-state index contributed by atoms with van der Waals surface area (Å²) < 4.78 is 6.79. The van der Waals surface area contributed by atoms with Crippen LogP contribution in [0, 0.1) is 0 Å². The zero-order valence-electron chi connectivity index (χ0n) is 18.2. The molecule has 0 saturated heterocycles. The normalized spacial score (nSPS) is 14.4. The first-order chi connectivity index (χ1) is 15.8. The summed E-state index contributed by atoms with van der Waals surface area (Å²) in [4.78, 5) is 13.9. The number of ether oxygens (including phenoxy) is 1. The van der Waals surface area contributed by atoms with E-state index in [2.05, 4.69) is 21.7 Å². The first-order valence-electron chi connectivity index (χ1n) is 11.1. The van der Waals surface area contributed by atoms with Gasteiger partial charge in [-0.25, -0.2) is 9.97 Å². The van der Waals surface area contributed by atoms with Gasteiger partial charge < -0.3 is 15.4 Å². The largest absolute Gasteiger partial charge is 0.494 e. The molecule has 0 radical (unpaired) electrons. The lowest BCUT2D eigenvalue weighted by atomic mass is 9.96. The molecule has 2 aromatic heterocycles. The van der Waals surface area contributed by atoms with Gasteiger partial charge in [-0.05, 0) is 30.5 Å². The number of rotatable bonds is 7. The summed E-state index contributed by atoms with van der Waals surface area (Å²) in [5.41, 5.74) is 3.94. The highest BCUT2D eigenvalue weighted by molar-refractivity contribution is 7.22. The smallest absolute Gasteiger partial charge is 0.184 e. The Labute approximate surface area is 192 Å². The quantitative estimate of drug-likeness (QED) is 0.357. The third-order valence-corrected chi connectivity index (χ3v) is 6.78. The monoisotopic (exact) mass is 445 g/mol. The van der Waals surface area contributed by atoms with E-state index < -0.39 is 0 Å². The van der Waals surface area contributed by atoms with Crippen LogP contribution in [0.25, 0.3) is 21.5 Å². The highest BCUT2D eigenvalue weighted by Gasteiger charge is 2.17. The lowest BCUT2D eigenvalue weighted by Crippen LogP contribution is -2.21. The molecule has 164 valence electrons. The van der Waals surface area contributed by atoms with E-state index in [0.29, 0.717) is 12.6 Å². The maximum absolute atomic E-state index is 5.66. The van der Waals surface area contributed by atoms with Crippen LogP contribution in [-0.4, -0.2) is 28.1 Å². The SMILES string of the molecule is COc1cc(CNc2cncc(-c3ccccc3)n2)cc2sc(NC3CCCCC3)nc12. The Morgan fingerprint density at radius 2 is 1.88 bits per heavy atom. The summed E-state index contributed by atoms with van der Waals surface area (Å²) in [6, 6.07) is 14.8. The van der Waals surface area contributed by atoms with Gasteiger partial charge in [0.1, 0.15) is 17.1 Å². The van der Waals surface area contributed by atoms with Crippen molar-refractivity contribution < 1.29 is 4.74 Å². The van der Waals surface area contributed by atoms with Gasteiger partial charge in [-0.15, -0.1) is 0 Å². The molecule has 2 heterocycles. The van der Waals surface area contributed by atoms with E-state index in [0.717, 1.165) is 43.7 Å². The Balaban J connectivity index is 1.33. The summed E-state index contributed by atoms with van der Waals surface area (Å²) in [5.74, 6) is 1.55. The van der Waals surface area contributed by atoms with Crippen LogP contribution < -0.4 is 15.4 Å². The van der Waals surface area contributed by atoms with Gasteiger partial charge in [0.05, 0.1) is 29.9 Å². The summed E-state index contributed by atoms with van der Waals surface area (Å²) in [5, 5.41) is 8.02. The minimum absolute atomic E-state index is 0.534. The van der Waals surface area contributed by atoms with E-state index in [1.165, 1.54) is 32.1 Å². The predicted molar refractivity (Wildman–Crippen MR) is 131 cm³/mol. The van der Waals surface area contributed by atoms with Crippen LogP contribution in [0.4, 0.5) is 10.9 Å². The molecule has 2 aromatic carbocycles. The lowest BCUT2D eigenvalue weighted by molar-refractivity contribution is 0.418. The zero-order chi connectivity index (χ0) is 21.8. The second-order valence-corrected chi connectivity index (χ2v) is 9.18. The van der Waals surface area contributed by atoms with Crippen molar-refractivity contribution in [1.82, 2.24) is 15.0 Å². The molecule has 0 atom stereocenters. The van der Waals surface area contributed by atoms with Gasteiger partial charge in [-0.3, -0.25) is 4.98 Å². The Bertz CT molecular complexity index is 1190. The van der Waals surface area contributed by atoms with Crippen molar-refractivity contribution in [1.29, 1.82) is 0 Å². The standard InChI is InChI=1S/C25H27N5OS/c1-31-21-12-17(13-22-24(21)30-25(32-22)28-19-10-6-3-7-11-19)14-27-23-16-26-15-20(29-23)18-8-4-2-5-9-18/h2,4-5,8-9,12-13,15-16,19H,3,6-7,10-11,14H2,1H3,(H,27,29)(H,28,30). The Kier molecular flexibility index (Phi) is 6.16. The number of nitrogens with zero attached hydrogens (tertiary/aromatic N) is 3. The number of benzene rings is 2. The minimum atomic E-state index is 0.534. The van der Waals surface area contributed by atoms with Crippen molar-refractivity contribution in [2.45, 2.75) is 44.7 Å². The molecule has 1 fully saturated rings. The average molecular weight is 446 g/mol. The van der Waals surface area contributed by atoms with Crippen molar-refractivity contribution in [2.24, 2.45) is 0 Å². The number of nitrogens with one attached hydrogen (secondary N) is 2. The number of anilines is 2. The van der Waals surface area contributed by atoms with Gasteiger partial charge >= 0.3 is 0 Å². The van der Waals surface area contributed by atoms with Crippen molar-refractivity contribution in [3.63, 3.8) is 0 Å². The Morgan fingerprint density at radius 3 is 2.69 bits per heavy atom. The molecule has 7 heteroatoms. The molecule has 1 aliphatic rings. The maximum atomic E-state index is 5.66. The Hall–Kier alpha value is -3.19. The van der Waals surface area contributed by atoms with E-state index in [1.807, 2.05) is 36.4 Å². The van der Waals surface area contributed by atoms with Crippen LogP contribution in [0.3, 0.4) is 0 Å². The van der Waals surface area contributed by atoms with Gasteiger partial charge in [-0.1, -0.05) is 60.9 Å². The maximum Gasteiger partial charge on any atom is 0.184 e. The number of hydrogen-bond donors (Lipinski definition) is 2. The van der Waals surface area contributed by atoms with Crippen LogP contribution >= 0.6 is 11.3 Å². The summed E-state index contributed by atoms with van der Waals surface area (Å²) in [7, 11) is 1.70. The van der Waals surface area contributed by atoms with Crippen LogP contribution in [0.1, 0.15) is 37.7 Å². The average Bonchev–Trinajstić information content (AvgIpc) is 3.26. The number of fused-ring (bicyclic) bond motifs is 1. The fourth-order valence-electron chi connectivity index (χ4n) is 4.19. The first kappa shape index (κ1) is 20.7. The third-order valence-electron chi connectivity index (χ3n) is 5.85. The van der Waals surface area contributed by atoms with E-state index in [1.54, 1.807) is 30.8 Å². The minimum Gasteiger partial charge on any atom is -0.494 e. The molecule has 0 spiro atoms. The molecular weight excluding hydrogens is 418 g/mol. The Morgan fingerprint density at radius 1 is 1.03 bits per heavy atom. The number of hydrogen-bond acceptors (Lipinski definition) is 7. The van der Waals surface area contributed by atoms with Crippen molar-refractivity contribution >= 4 is 32.5 Å². The zero-order valence-corrected chi connectivity index (χ0v) is 19.0. The molecule has 1 saturated carbocycles. The van der Waals surface area contributed by atoms with Crippen LogP contribution in [-0.2, 0) is 6.54 Å². The van der Waals surface area contributed by atoms with Gasteiger partial charge in [0, 0.05) is 18.2 Å². The summed E-state index contributed by atoms with van der Waals surface area (Å²) in [6.07, 6.45) is 9.94. The number of aromatic nitrogens is 3. The van der Waals surface area contributed by atoms with Crippen molar-refractivity contribution in [2.75, 3.05) is 17.7 Å². The number of methoxy groups -OCH3 is 1. The van der Waals surface area contributed by atoms with E-state index in [-0.39, 0.29) is 0 Å². The molecule has 0 bridgehead atoms. The second kappa shape index (κ2) is 9.53. The summed E-state index contributed by atoms with van der Waals surface area (Å²) in [6.45, 7) is 0.627. The van der Waals surface area contributed by atoms with E-state index in [4.69, 9.17) is 14.7 Å². The summed E-state index contributed by atoms with van der Waals surface area (Å²) >= 11 is 1.70. The lowest BCUT2D eigenvalue weighted by Gasteiger charge is -2.22. The number of thiazole rings is 1. The second-order valence-electron chi connectivity index (χ2n) is 8.15. The topological polar surface area (TPSA) is 72.0 Å². The van der Waals surface area contributed by atoms with Gasteiger partial charge in [-0.2, -0.15) is 0 Å². The highest BCUT2D eigenvalue weighted by Crippen LogP contribution is 2.35. The molecule has 4 aromatic rings. The van der Waals surface area contributed by atoms with Gasteiger partial charge in [0.25, 0.3) is 0 Å². The first-order valence-corrected chi connectivity index (χ1v) is 12.0. The fourth-order valence-corrected chi connectivity index (χ4v) is 5.21. The van der Waals surface area contributed by atoms with E-state index >= 15 is 0 Å². The van der Waals surface area contributed by atoms with Crippen LogP contribution in [0.15, 0.2) is 54.9 Å². The molecule has 1 aliphatic carbocycles. The molecule has 6 nitrogen and oxygen atoms in total. The van der Waals surface area contributed by atoms with Crippen molar-refractivity contribution in [3.8, 4) is 17.0 Å². The fraction of sp³-hybridized carbons (Fsp3) is 0.320. The van der Waals surface area contributed by atoms with Crippen LogP contribution in [0.5, 0.6) is 5.75 Å². The molecule has 0 aliphatic heterocycles. The molecule has 0 amide bonds. The van der Waals surface area contributed by atoms with E-state index in [9.17, 15) is 0 Å². The van der Waals surface area contributed by atoms with Gasteiger partial charge in [0.15, 0.2) is 5.13 Å². The van der Waals surface area contributed by atoms with Crippen LogP contribution in [0.2, 0.25) is 0 Å². The van der Waals surface area contributed by atoms with Gasteiger partial charge in [0.2, 0.25) is 0 Å². The van der Waals surface area contributed by atoms with Crippen molar-refractivity contribution in [3.05, 3.63) is 60.4 Å². The molecule has 2 N–H and O–H groups in total. The molecule has 0 unspecified atom stereocenters. The molecule has 32 heavy (non-hydrogen) atoms. The molecule has 5 rings (SSSR count). The molecular formula is C25H27N5OS.